The molecule has 0 saturated carbocycles. The van der Waals surface area contributed by atoms with Crippen molar-refractivity contribution in [2.45, 2.75) is 6.54 Å². The Balaban J connectivity index is 2.00. The van der Waals surface area contributed by atoms with Gasteiger partial charge in [0.05, 0.1) is 6.54 Å². The predicted octanol–water partition coefficient (Wildman–Crippen LogP) is 0.959. The number of thiophene rings is 1. The van der Waals surface area contributed by atoms with Crippen molar-refractivity contribution in [2.75, 3.05) is 26.7 Å². The van der Waals surface area contributed by atoms with Gasteiger partial charge in [0.15, 0.2) is 0 Å². The SMILES string of the molecule is CN1CCN(Cc2cc(C#CCO)cs2)C1=O. The van der Waals surface area contributed by atoms with Gasteiger partial charge in [-0.3, -0.25) is 0 Å². The lowest BCUT2D eigenvalue weighted by Crippen LogP contribution is -2.28. The van der Waals surface area contributed by atoms with E-state index < -0.39 is 0 Å². The van der Waals surface area contributed by atoms with E-state index in [2.05, 4.69) is 11.8 Å². The molecule has 0 atom stereocenters. The number of amides is 2. The fourth-order valence-electron chi connectivity index (χ4n) is 1.71. The van der Waals surface area contributed by atoms with Crippen molar-refractivity contribution in [3.63, 3.8) is 0 Å². The van der Waals surface area contributed by atoms with Crippen molar-refractivity contribution in [1.29, 1.82) is 0 Å². The second-order valence-electron chi connectivity index (χ2n) is 3.89. The van der Waals surface area contributed by atoms with Crippen molar-refractivity contribution >= 4 is 17.4 Å². The van der Waals surface area contributed by atoms with E-state index in [1.165, 1.54) is 0 Å². The lowest BCUT2D eigenvalue weighted by atomic mass is 10.3. The van der Waals surface area contributed by atoms with E-state index in [0.717, 1.165) is 23.5 Å². The fraction of sp³-hybridized carbons (Fsp3) is 0.417. The minimum Gasteiger partial charge on any atom is -0.384 e. The molecule has 0 aliphatic carbocycles. The van der Waals surface area contributed by atoms with E-state index in [-0.39, 0.29) is 12.6 Å². The predicted molar refractivity (Wildman–Crippen MR) is 66.7 cm³/mol. The molecule has 5 heteroatoms. The summed E-state index contributed by atoms with van der Waals surface area (Å²) >= 11 is 1.59. The number of likely N-dealkylation sites (N-methyl/N-ethyl adjacent to an activating group) is 1. The monoisotopic (exact) mass is 250 g/mol. The third-order valence-electron chi connectivity index (χ3n) is 2.61. The van der Waals surface area contributed by atoms with Crippen LogP contribution in [0.25, 0.3) is 0 Å². The Morgan fingerprint density at radius 2 is 2.35 bits per heavy atom. The molecule has 2 heterocycles. The minimum absolute atomic E-state index is 0.0846. The Morgan fingerprint density at radius 3 is 3.00 bits per heavy atom. The average molecular weight is 250 g/mol. The summed E-state index contributed by atoms with van der Waals surface area (Å²) in [4.78, 5) is 16.4. The molecule has 0 aromatic carbocycles. The molecule has 90 valence electrons. The molecular formula is C12H14N2O2S. The maximum atomic E-state index is 11.7. The van der Waals surface area contributed by atoms with E-state index in [0.29, 0.717) is 6.54 Å². The van der Waals surface area contributed by atoms with Crippen LogP contribution in [0.2, 0.25) is 0 Å². The van der Waals surface area contributed by atoms with E-state index in [1.54, 1.807) is 16.2 Å². The molecular weight excluding hydrogens is 236 g/mol. The summed E-state index contributed by atoms with van der Waals surface area (Å²) in [7, 11) is 1.81. The first-order chi connectivity index (χ1) is 8.20. The van der Waals surface area contributed by atoms with Crippen LogP contribution in [0.15, 0.2) is 11.4 Å². The molecule has 0 radical (unpaired) electrons. The summed E-state index contributed by atoms with van der Waals surface area (Å²) in [5, 5.41) is 10.5. The molecule has 4 nitrogen and oxygen atoms in total. The summed E-state index contributed by atoms with van der Waals surface area (Å²) in [5.74, 6) is 5.47. The third-order valence-corrected chi connectivity index (χ3v) is 3.54. The van der Waals surface area contributed by atoms with Gasteiger partial charge in [0.2, 0.25) is 0 Å². The largest absolute Gasteiger partial charge is 0.384 e. The minimum atomic E-state index is -0.124. The zero-order valence-corrected chi connectivity index (χ0v) is 10.5. The van der Waals surface area contributed by atoms with Crippen LogP contribution in [0, 0.1) is 11.8 Å². The fourth-order valence-corrected chi connectivity index (χ4v) is 2.54. The Kier molecular flexibility index (Phi) is 3.67. The molecule has 1 aliphatic heterocycles. The standard InChI is InChI=1S/C12H14N2O2S/c1-13-4-5-14(12(13)16)8-11-7-10(9-17-11)3-2-6-15/h7,9,15H,4-6,8H2,1H3. The molecule has 1 aromatic rings. The van der Waals surface area contributed by atoms with Gasteiger partial charge in [0.1, 0.15) is 6.61 Å². The van der Waals surface area contributed by atoms with Gasteiger partial charge in [-0.2, -0.15) is 0 Å². The van der Waals surface area contributed by atoms with Gasteiger partial charge >= 0.3 is 6.03 Å². The van der Waals surface area contributed by atoms with Crippen molar-refractivity contribution in [3.8, 4) is 11.8 Å². The summed E-state index contributed by atoms with van der Waals surface area (Å²) < 4.78 is 0. The van der Waals surface area contributed by atoms with Crippen LogP contribution in [0.4, 0.5) is 4.79 Å². The highest BCUT2D eigenvalue weighted by atomic mass is 32.1. The van der Waals surface area contributed by atoms with Crippen molar-refractivity contribution in [2.24, 2.45) is 0 Å². The first kappa shape index (κ1) is 12.0. The van der Waals surface area contributed by atoms with E-state index in [4.69, 9.17) is 5.11 Å². The number of aliphatic hydroxyl groups is 1. The van der Waals surface area contributed by atoms with Gasteiger partial charge in [-0.05, 0) is 6.07 Å². The van der Waals surface area contributed by atoms with Crippen molar-refractivity contribution < 1.29 is 9.90 Å². The summed E-state index contributed by atoms with van der Waals surface area (Å²) in [5.41, 5.74) is 0.902. The van der Waals surface area contributed by atoms with Crippen LogP contribution < -0.4 is 0 Å². The molecule has 1 N–H and O–H groups in total. The van der Waals surface area contributed by atoms with Gasteiger partial charge in [-0.25, -0.2) is 4.79 Å². The van der Waals surface area contributed by atoms with Crippen LogP contribution in [0.1, 0.15) is 10.4 Å². The highest BCUT2D eigenvalue weighted by Gasteiger charge is 2.25. The summed E-state index contributed by atoms with van der Waals surface area (Å²) in [6.07, 6.45) is 0. The average Bonchev–Trinajstić information content (AvgIpc) is 2.89. The number of rotatable bonds is 2. The third kappa shape index (κ3) is 2.78. The van der Waals surface area contributed by atoms with Gasteiger partial charge in [-0.1, -0.05) is 11.8 Å². The number of aliphatic hydroxyl groups excluding tert-OH is 1. The van der Waals surface area contributed by atoms with Crippen LogP contribution in [0.3, 0.4) is 0 Å². The quantitative estimate of drug-likeness (QED) is 0.795. The lowest BCUT2D eigenvalue weighted by molar-refractivity contribution is 0.197. The highest BCUT2D eigenvalue weighted by molar-refractivity contribution is 7.10. The van der Waals surface area contributed by atoms with Crippen LogP contribution in [-0.2, 0) is 6.54 Å². The first-order valence-corrected chi connectivity index (χ1v) is 6.26. The number of urea groups is 1. The number of nitrogens with zero attached hydrogens (tertiary/aromatic N) is 2. The van der Waals surface area contributed by atoms with Crippen LogP contribution in [-0.4, -0.2) is 47.7 Å². The van der Waals surface area contributed by atoms with E-state index >= 15 is 0 Å². The molecule has 1 aliphatic rings. The normalized spacial score (nSPS) is 15.1. The molecule has 1 aromatic heterocycles. The molecule has 2 amide bonds. The number of carbonyl (C=O) groups excluding carboxylic acids is 1. The number of hydrogen-bond donors (Lipinski definition) is 1. The van der Waals surface area contributed by atoms with E-state index in [1.807, 2.05) is 23.4 Å². The van der Waals surface area contributed by atoms with Crippen LogP contribution in [0.5, 0.6) is 0 Å². The second-order valence-corrected chi connectivity index (χ2v) is 4.88. The van der Waals surface area contributed by atoms with Gasteiger partial charge < -0.3 is 14.9 Å². The Hall–Kier alpha value is -1.51. The molecule has 0 spiro atoms. The molecule has 1 saturated heterocycles. The molecule has 0 bridgehead atoms. The molecule has 0 unspecified atom stereocenters. The van der Waals surface area contributed by atoms with Gasteiger partial charge in [0.25, 0.3) is 0 Å². The molecule has 2 rings (SSSR count). The first-order valence-electron chi connectivity index (χ1n) is 5.38. The van der Waals surface area contributed by atoms with Crippen molar-refractivity contribution in [3.05, 3.63) is 21.9 Å². The van der Waals surface area contributed by atoms with Crippen LogP contribution >= 0.6 is 11.3 Å². The maximum Gasteiger partial charge on any atom is 0.320 e. The summed E-state index contributed by atoms with van der Waals surface area (Å²) in [6.45, 7) is 2.10. The maximum absolute atomic E-state index is 11.7. The Bertz CT molecular complexity index is 472. The Morgan fingerprint density at radius 1 is 1.53 bits per heavy atom. The molecule has 17 heavy (non-hydrogen) atoms. The van der Waals surface area contributed by atoms with Crippen molar-refractivity contribution in [1.82, 2.24) is 9.80 Å². The lowest BCUT2D eigenvalue weighted by Gasteiger charge is -2.14. The summed E-state index contributed by atoms with van der Waals surface area (Å²) in [6, 6.07) is 2.06. The smallest absolute Gasteiger partial charge is 0.320 e. The zero-order chi connectivity index (χ0) is 12.3. The number of hydrogen-bond acceptors (Lipinski definition) is 3. The highest BCUT2D eigenvalue weighted by Crippen LogP contribution is 2.18. The number of carbonyl (C=O) groups is 1. The van der Waals surface area contributed by atoms with Gasteiger partial charge in [-0.15, -0.1) is 11.3 Å². The molecule has 1 fully saturated rings. The Labute approximate surface area is 104 Å². The topological polar surface area (TPSA) is 43.8 Å². The van der Waals surface area contributed by atoms with E-state index in [9.17, 15) is 4.79 Å². The van der Waals surface area contributed by atoms with Gasteiger partial charge in [0, 0.05) is 36.0 Å². The zero-order valence-electron chi connectivity index (χ0n) is 9.64. The second kappa shape index (κ2) is 5.21.